The van der Waals surface area contributed by atoms with Crippen molar-refractivity contribution in [2.24, 2.45) is 0 Å². The van der Waals surface area contributed by atoms with Gasteiger partial charge in [0.2, 0.25) is 0 Å². The number of halogens is 1. The highest BCUT2D eigenvalue weighted by molar-refractivity contribution is 9.10. The summed E-state index contributed by atoms with van der Waals surface area (Å²) < 4.78 is 17.0. The molecule has 1 aromatic heterocycles. The lowest BCUT2D eigenvalue weighted by Gasteiger charge is -2.17. The van der Waals surface area contributed by atoms with Crippen LogP contribution in [0.25, 0.3) is 0 Å². The van der Waals surface area contributed by atoms with Crippen molar-refractivity contribution in [1.82, 2.24) is 4.98 Å². The van der Waals surface area contributed by atoms with Crippen LogP contribution in [0.4, 0.5) is 0 Å². The third kappa shape index (κ3) is 4.92. The fourth-order valence-electron chi connectivity index (χ4n) is 1.13. The van der Waals surface area contributed by atoms with Crippen molar-refractivity contribution in [2.45, 2.75) is 20.1 Å². The summed E-state index contributed by atoms with van der Waals surface area (Å²) in [6.07, 6.45) is 1.33. The van der Waals surface area contributed by atoms with Gasteiger partial charge in [-0.15, -0.1) is 0 Å². The lowest BCUT2D eigenvalue weighted by molar-refractivity contribution is -0.152. The highest BCUT2D eigenvalue weighted by Crippen LogP contribution is 2.13. The lowest BCUT2D eigenvalue weighted by Crippen LogP contribution is -2.25. The van der Waals surface area contributed by atoms with E-state index in [9.17, 15) is 0 Å². The van der Waals surface area contributed by atoms with Crippen molar-refractivity contribution in [3.63, 3.8) is 0 Å². The smallest absolute Gasteiger partial charge is 0.191 e. The number of rotatable bonds is 7. The van der Waals surface area contributed by atoms with Gasteiger partial charge in [0, 0.05) is 13.2 Å². The maximum Gasteiger partial charge on any atom is 0.191 e. The van der Waals surface area contributed by atoms with Crippen LogP contribution in [-0.4, -0.2) is 31.1 Å². The summed E-state index contributed by atoms with van der Waals surface area (Å²) in [6.45, 7) is 5.42. The first-order valence-corrected chi connectivity index (χ1v) is 6.03. The second-order valence-electron chi connectivity index (χ2n) is 2.97. The Hall–Kier alpha value is -0.650. The van der Waals surface area contributed by atoms with E-state index in [1.807, 2.05) is 26.0 Å². The van der Waals surface area contributed by atoms with Crippen LogP contribution in [0, 0.1) is 0 Å². The molecule has 0 fully saturated rings. The summed E-state index contributed by atoms with van der Waals surface area (Å²) >= 11 is 3.26. The molecule has 0 saturated heterocycles. The van der Waals surface area contributed by atoms with E-state index in [2.05, 4.69) is 20.9 Å². The van der Waals surface area contributed by atoms with Crippen LogP contribution in [-0.2, 0) is 9.47 Å². The molecule has 0 saturated carbocycles. The maximum absolute atomic E-state index is 5.49. The molecular formula is C11H16BrNO3. The van der Waals surface area contributed by atoms with Gasteiger partial charge in [0.1, 0.15) is 17.0 Å². The number of aromatic nitrogens is 1. The van der Waals surface area contributed by atoms with E-state index >= 15 is 0 Å². The topological polar surface area (TPSA) is 40.6 Å². The molecule has 5 heteroatoms. The Labute approximate surface area is 104 Å². The molecule has 1 aromatic rings. The Bertz CT molecular complexity index is 286. The average Bonchev–Trinajstić information content (AvgIpc) is 2.29. The number of hydrogen-bond donors (Lipinski definition) is 0. The Morgan fingerprint density at radius 3 is 2.44 bits per heavy atom. The second-order valence-corrected chi connectivity index (χ2v) is 3.78. The summed E-state index contributed by atoms with van der Waals surface area (Å²) in [7, 11) is 0. The van der Waals surface area contributed by atoms with Crippen LogP contribution < -0.4 is 4.74 Å². The third-order valence-corrected chi connectivity index (χ3v) is 2.26. The molecule has 1 rings (SSSR count). The van der Waals surface area contributed by atoms with E-state index in [0.29, 0.717) is 25.6 Å². The predicted molar refractivity (Wildman–Crippen MR) is 64.5 cm³/mol. The summed E-state index contributed by atoms with van der Waals surface area (Å²) in [6, 6.07) is 3.66. The molecule has 0 N–H and O–H groups in total. The molecule has 0 aliphatic heterocycles. The van der Waals surface area contributed by atoms with Gasteiger partial charge in [-0.1, -0.05) is 0 Å². The highest BCUT2D eigenvalue weighted by atomic mass is 79.9. The van der Waals surface area contributed by atoms with Crippen molar-refractivity contribution in [3.8, 4) is 5.75 Å². The van der Waals surface area contributed by atoms with Gasteiger partial charge in [0.15, 0.2) is 6.29 Å². The number of ether oxygens (including phenoxy) is 3. The van der Waals surface area contributed by atoms with Crippen LogP contribution in [0.2, 0.25) is 0 Å². The monoisotopic (exact) mass is 289 g/mol. The van der Waals surface area contributed by atoms with E-state index < -0.39 is 0 Å². The quantitative estimate of drug-likeness (QED) is 0.572. The summed E-state index contributed by atoms with van der Waals surface area (Å²) in [4.78, 5) is 4.06. The van der Waals surface area contributed by atoms with Gasteiger partial charge in [0.05, 0.1) is 6.20 Å². The van der Waals surface area contributed by atoms with Crippen molar-refractivity contribution in [1.29, 1.82) is 0 Å². The van der Waals surface area contributed by atoms with Gasteiger partial charge >= 0.3 is 0 Å². The molecule has 4 nitrogen and oxygen atoms in total. The molecule has 16 heavy (non-hydrogen) atoms. The zero-order valence-electron chi connectivity index (χ0n) is 9.48. The summed E-state index contributed by atoms with van der Waals surface area (Å²) in [5, 5.41) is 0. The summed E-state index contributed by atoms with van der Waals surface area (Å²) in [5.41, 5.74) is 0. The number of hydrogen-bond acceptors (Lipinski definition) is 4. The number of nitrogens with zero attached hydrogens (tertiary/aromatic N) is 1. The minimum Gasteiger partial charge on any atom is -0.487 e. The van der Waals surface area contributed by atoms with Crippen molar-refractivity contribution < 1.29 is 14.2 Å². The van der Waals surface area contributed by atoms with E-state index in [1.54, 1.807) is 6.20 Å². The van der Waals surface area contributed by atoms with Gasteiger partial charge in [-0.05, 0) is 41.9 Å². The Morgan fingerprint density at radius 1 is 1.25 bits per heavy atom. The van der Waals surface area contributed by atoms with Gasteiger partial charge < -0.3 is 14.2 Å². The molecule has 1 heterocycles. The van der Waals surface area contributed by atoms with Gasteiger partial charge in [-0.25, -0.2) is 4.98 Å². The molecule has 0 bridgehead atoms. The normalized spacial score (nSPS) is 10.8. The zero-order chi connectivity index (χ0) is 11.8. The standard InChI is InChI=1S/C11H16BrNO3/c1-3-14-11(15-4-2)8-16-9-5-6-10(12)13-7-9/h5-7,11H,3-4,8H2,1-2H3. The first kappa shape index (κ1) is 13.4. The predicted octanol–water partition coefficient (Wildman–Crippen LogP) is 2.62. The first-order chi connectivity index (χ1) is 7.76. The first-order valence-electron chi connectivity index (χ1n) is 5.23. The molecular weight excluding hydrogens is 274 g/mol. The molecule has 0 spiro atoms. The van der Waals surface area contributed by atoms with Crippen molar-refractivity contribution >= 4 is 15.9 Å². The molecule has 0 amide bonds. The average molecular weight is 290 g/mol. The maximum atomic E-state index is 5.49. The van der Waals surface area contributed by atoms with Crippen molar-refractivity contribution in [3.05, 3.63) is 22.9 Å². The summed E-state index contributed by atoms with van der Waals surface area (Å²) in [5.74, 6) is 0.701. The Kier molecular flexibility index (Phi) is 6.37. The molecule has 0 aliphatic rings. The molecule has 0 unspecified atom stereocenters. The largest absolute Gasteiger partial charge is 0.487 e. The van der Waals surface area contributed by atoms with Gasteiger partial charge in [0.25, 0.3) is 0 Å². The molecule has 0 aromatic carbocycles. The van der Waals surface area contributed by atoms with Crippen molar-refractivity contribution in [2.75, 3.05) is 19.8 Å². The van der Waals surface area contributed by atoms with E-state index in [1.165, 1.54) is 0 Å². The fraction of sp³-hybridized carbons (Fsp3) is 0.545. The Balaban J connectivity index is 2.38. The van der Waals surface area contributed by atoms with Crippen LogP contribution >= 0.6 is 15.9 Å². The Morgan fingerprint density at radius 2 is 1.94 bits per heavy atom. The molecule has 90 valence electrons. The van der Waals surface area contributed by atoms with E-state index in [-0.39, 0.29) is 6.29 Å². The van der Waals surface area contributed by atoms with E-state index in [4.69, 9.17) is 14.2 Å². The van der Waals surface area contributed by atoms with Crippen LogP contribution in [0.5, 0.6) is 5.75 Å². The highest BCUT2D eigenvalue weighted by Gasteiger charge is 2.08. The lowest BCUT2D eigenvalue weighted by atomic mass is 10.5. The van der Waals surface area contributed by atoms with Crippen LogP contribution in [0.1, 0.15) is 13.8 Å². The molecule has 0 aliphatic carbocycles. The number of pyridine rings is 1. The van der Waals surface area contributed by atoms with Crippen LogP contribution in [0.3, 0.4) is 0 Å². The molecule has 0 radical (unpaired) electrons. The second kappa shape index (κ2) is 7.60. The minimum absolute atomic E-state index is 0.321. The van der Waals surface area contributed by atoms with Gasteiger partial charge in [-0.2, -0.15) is 0 Å². The van der Waals surface area contributed by atoms with E-state index in [0.717, 1.165) is 4.60 Å². The van der Waals surface area contributed by atoms with Crippen LogP contribution in [0.15, 0.2) is 22.9 Å². The third-order valence-electron chi connectivity index (χ3n) is 1.79. The van der Waals surface area contributed by atoms with Gasteiger partial charge in [-0.3, -0.25) is 0 Å². The minimum atomic E-state index is -0.321. The SMILES string of the molecule is CCOC(COc1ccc(Br)nc1)OCC. The fourth-order valence-corrected chi connectivity index (χ4v) is 1.36. The molecule has 0 atom stereocenters. The zero-order valence-corrected chi connectivity index (χ0v) is 11.1.